The fraction of sp³-hybridized carbons (Fsp3) is 0.182. The molecule has 0 N–H and O–H groups in total. The molecule has 0 fully saturated rings. The lowest BCUT2D eigenvalue weighted by atomic mass is 10.2. The number of ether oxygens (including phenoxy) is 2. The highest BCUT2D eigenvalue weighted by Crippen LogP contribution is 2.22. The Kier molecular flexibility index (Phi) is 4.75. The lowest BCUT2D eigenvalue weighted by Gasteiger charge is -2.22. The Balaban J connectivity index is 1.44. The zero-order valence-electron chi connectivity index (χ0n) is 15.3. The van der Waals surface area contributed by atoms with Crippen molar-refractivity contribution < 1.29 is 9.47 Å². The molecule has 27 heavy (non-hydrogen) atoms. The standard InChI is InChI=1S/C22H21N3O2/c1-16(17(2)27-22-9-5-6-14-23-22)26-19-12-10-18(11-13-19)25-15-24-20-7-3-4-8-21(20)25/h3-17H,1-2H3. The van der Waals surface area contributed by atoms with Gasteiger partial charge in [-0.1, -0.05) is 18.2 Å². The summed E-state index contributed by atoms with van der Waals surface area (Å²) in [6.07, 6.45) is 3.31. The van der Waals surface area contributed by atoms with Gasteiger partial charge in [0.15, 0.2) is 0 Å². The monoisotopic (exact) mass is 359 g/mol. The second-order valence-corrected chi connectivity index (χ2v) is 6.41. The molecule has 5 nitrogen and oxygen atoms in total. The summed E-state index contributed by atoms with van der Waals surface area (Å²) in [6.45, 7) is 3.97. The van der Waals surface area contributed by atoms with Gasteiger partial charge in [-0.15, -0.1) is 0 Å². The van der Waals surface area contributed by atoms with E-state index in [0.29, 0.717) is 5.88 Å². The van der Waals surface area contributed by atoms with Crippen molar-refractivity contribution in [1.82, 2.24) is 14.5 Å². The van der Waals surface area contributed by atoms with Crippen LogP contribution in [-0.4, -0.2) is 26.7 Å². The van der Waals surface area contributed by atoms with E-state index in [2.05, 4.69) is 20.6 Å². The second-order valence-electron chi connectivity index (χ2n) is 6.41. The average molecular weight is 359 g/mol. The van der Waals surface area contributed by atoms with Crippen LogP contribution in [0.3, 0.4) is 0 Å². The average Bonchev–Trinajstić information content (AvgIpc) is 3.13. The van der Waals surface area contributed by atoms with Gasteiger partial charge in [-0.25, -0.2) is 9.97 Å². The highest BCUT2D eigenvalue weighted by molar-refractivity contribution is 5.77. The number of fused-ring (bicyclic) bond motifs is 1. The molecule has 0 aliphatic rings. The highest BCUT2D eigenvalue weighted by Gasteiger charge is 2.16. The van der Waals surface area contributed by atoms with E-state index < -0.39 is 0 Å². The zero-order valence-corrected chi connectivity index (χ0v) is 15.3. The van der Waals surface area contributed by atoms with Crippen LogP contribution in [0, 0.1) is 0 Å². The van der Waals surface area contributed by atoms with Crippen molar-refractivity contribution in [2.75, 3.05) is 0 Å². The predicted molar refractivity (Wildman–Crippen MR) is 105 cm³/mol. The smallest absolute Gasteiger partial charge is 0.213 e. The first kappa shape index (κ1) is 17.1. The number of hydrogen-bond acceptors (Lipinski definition) is 4. The number of nitrogens with zero attached hydrogens (tertiary/aromatic N) is 3. The summed E-state index contributed by atoms with van der Waals surface area (Å²) in [4.78, 5) is 8.62. The minimum atomic E-state index is -0.128. The summed E-state index contributed by atoms with van der Waals surface area (Å²) < 4.78 is 13.9. The van der Waals surface area contributed by atoms with Crippen molar-refractivity contribution in [3.63, 3.8) is 0 Å². The van der Waals surface area contributed by atoms with Crippen LogP contribution in [0.25, 0.3) is 16.7 Å². The van der Waals surface area contributed by atoms with Crippen molar-refractivity contribution in [3.8, 4) is 17.3 Å². The van der Waals surface area contributed by atoms with Crippen LogP contribution >= 0.6 is 0 Å². The van der Waals surface area contributed by atoms with E-state index in [-0.39, 0.29) is 12.2 Å². The maximum Gasteiger partial charge on any atom is 0.213 e. The minimum Gasteiger partial charge on any atom is -0.487 e. The van der Waals surface area contributed by atoms with Crippen LogP contribution in [-0.2, 0) is 0 Å². The first-order valence-electron chi connectivity index (χ1n) is 8.97. The molecule has 2 aromatic carbocycles. The first-order valence-corrected chi connectivity index (χ1v) is 8.97. The molecule has 0 aliphatic carbocycles. The molecule has 136 valence electrons. The SMILES string of the molecule is CC(Oc1ccc(-n2cnc3ccccc32)cc1)C(C)Oc1ccccn1. The number of hydrogen-bond donors (Lipinski definition) is 0. The largest absolute Gasteiger partial charge is 0.487 e. The molecule has 0 saturated heterocycles. The van der Waals surface area contributed by atoms with Crippen LogP contribution in [0.2, 0.25) is 0 Å². The van der Waals surface area contributed by atoms with Crippen molar-refractivity contribution in [2.24, 2.45) is 0 Å². The van der Waals surface area contributed by atoms with E-state index in [1.165, 1.54) is 0 Å². The molecule has 4 aromatic rings. The molecular weight excluding hydrogens is 338 g/mol. The molecule has 2 atom stereocenters. The summed E-state index contributed by atoms with van der Waals surface area (Å²) in [5, 5.41) is 0. The van der Waals surface area contributed by atoms with Crippen LogP contribution in [0.15, 0.2) is 79.3 Å². The Bertz CT molecular complexity index is 1010. The zero-order chi connectivity index (χ0) is 18.6. The third-order valence-electron chi connectivity index (χ3n) is 4.50. The molecule has 5 heteroatoms. The summed E-state index contributed by atoms with van der Waals surface area (Å²) in [5.41, 5.74) is 3.10. The molecule has 2 heterocycles. The maximum absolute atomic E-state index is 6.03. The molecule has 0 aliphatic heterocycles. The molecule has 0 spiro atoms. The highest BCUT2D eigenvalue weighted by atomic mass is 16.5. The number of pyridine rings is 1. The Labute approximate surface area is 158 Å². The van der Waals surface area contributed by atoms with Gasteiger partial charge >= 0.3 is 0 Å². The second kappa shape index (κ2) is 7.50. The van der Waals surface area contributed by atoms with Crippen molar-refractivity contribution in [1.29, 1.82) is 0 Å². The fourth-order valence-electron chi connectivity index (χ4n) is 2.86. The Morgan fingerprint density at radius 1 is 0.778 bits per heavy atom. The van der Waals surface area contributed by atoms with Gasteiger partial charge in [0.25, 0.3) is 0 Å². The van der Waals surface area contributed by atoms with Crippen molar-refractivity contribution in [2.45, 2.75) is 26.1 Å². The van der Waals surface area contributed by atoms with E-state index in [1.807, 2.05) is 80.8 Å². The maximum atomic E-state index is 6.03. The van der Waals surface area contributed by atoms with Crippen molar-refractivity contribution in [3.05, 3.63) is 79.3 Å². The van der Waals surface area contributed by atoms with E-state index in [0.717, 1.165) is 22.5 Å². The summed E-state index contributed by atoms with van der Waals surface area (Å²) in [7, 11) is 0. The summed E-state index contributed by atoms with van der Waals surface area (Å²) in [6, 6.07) is 21.7. The minimum absolute atomic E-state index is 0.119. The molecule has 2 aromatic heterocycles. The predicted octanol–water partition coefficient (Wildman–Crippen LogP) is 4.66. The Morgan fingerprint density at radius 3 is 2.30 bits per heavy atom. The molecule has 0 amide bonds. The number of imidazole rings is 1. The Morgan fingerprint density at radius 2 is 1.52 bits per heavy atom. The van der Waals surface area contributed by atoms with E-state index >= 15 is 0 Å². The number of benzene rings is 2. The van der Waals surface area contributed by atoms with Crippen LogP contribution in [0.4, 0.5) is 0 Å². The van der Waals surface area contributed by atoms with Crippen molar-refractivity contribution >= 4 is 11.0 Å². The molecule has 0 radical (unpaired) electrons. The topological polar surface area (TPSA) is 49.2 Å². The molecule has 0 bridgehead atoms. The summed E-state index contributed by atoms with van der Waals surface area (Å²) >= 11 is 0. The quantitative estimate of drug-likeness (QED) is 0.503. The number of aromatic nitrogens is 3. The van der Waals surface area contributed by atoms with Crippen LogP contribution < -0.4 is 9.47 Å². The first-order chi connectivity index (χ1) is 13.2. The normalized spacial score (nSPS) is 13.3. The van der Waals surface area contributed by atoms with Gasteiger partial charge in [0, 0.05) is 18.0 Å². The summed E-state index contributed by atoms with van der Waals surface area (Å²) in [5.74, 6) is 1.40. The van der Waals surface area contributed by atoms with E-state index in [4.69, 9.17) is 9.47 Å². The molecule has 0 saturated carbocycles. The van der Waals surface area contributed by atoms with Gasteiger partial charge in [-0.3, -0.25) is 4.57 Å². The third kappa shape index (κ3) is 3.77. The van der Waals surface area contributed by atoms with Gasteiger partial charge in [-0.05, 0) is 56.3 Å². The van der Waals surface area contributed by atoms with Crippen LogP contribution in [0.5, 0.6) is 11.6 Å². The van der Waals surface area contributed by atoms with E-state index in [9.17, 15) is 0 Å². The van der Waals surface area contributed by atoms with Gasteiger partial charge in [0.2, 0.25) is 5.88 Å². The molecule has 4 rings (SSSR count). The van der Waals surface area contributed by atoms with Gasteiger partial charge in [0.05, 0.1) is 11.0 Å². The lowest BCUT2D eigenvalue weighted by molar-refractivity contribution is 0.0746. The van der Waals surface area contributed by atoms with Gasteiger partial charge in [-0.2, -0.15) is 0 Å². The molecule has 2 unspecified atom stereocenters. The van der Waals surface area contributed by atoms with Gasteiger partial charge in [0.1, 0.15) is 24.3 Å². The lowest BCUT2D eigenvalue weighted by Crippen LogP contribution is -2.31. The third-order valence-corrected chi connectivity index (χ3v) is 4.50. The van der Waals surface area contributed by atoms with Gasteiger partial charge < -0.3 is 9.47 Å². The van der Waals surface area contributed by atoms with Crippen LogP contribution in [0.1, 0.15) is 13.8 Å². The van der Waals surface area contributed by atoms with E-state index in [1.54, 1.807) is 6.20 Å². The molecular formula is C22H21N3O2. The fourth-order valence-corrected chi connectivity index (χ4v) is 2.86. The number of para-hydroxylation sites is 2. The Hall–Kier alpha value is -3.34. The number of rotatable bonds is 6.